The van der Waals surface area contributed by atoms with Crippen molar-refractivity contribution in [1.82, 2.24) is 14.7 Å². The first-order valence-electron chi connectivity index (χ1n) is 7.08. The summed E-state index contributed by atoms with van der Waals surface area (Å²) < 4.78 is 1.74. The Morgan fingerprint density at radius 3 is 2.81 bits per heavy atom. The van der Waals surface area contributed by atoms with Gasteiger partial charge in [0.2, 0.25) is 0 Å². The van der Waals surface area contributed by atoms with Crippen molar-refractivity contribution in [3.05, 3.63) is 47.3 Å². The van der Waals surface area contributed by atoms with Crippen molar-refractivity contribution in [1.29, 1.82) is 0 Å². The van der Waals surface area contributed by atoms with E-state index in [1.54, 1.807) is 15.8 Å². The Bertz CT molecular complexity index is 633. The van der Waals surface area contributed by atoms with Crippen LogP contribution in [0, 0.1) is 6.92 Å². The maximum atomic E-state index is 12.6. The number of aryl methyl sites for hydroxylation is 2. The van der Waals surface area contributed by atoms with Gasteiger partial charge < -0.3 is 10.2 Å². The molecule has 2 aromatic rings. The smallest absolute Gasteiger partial charge is 0.255 e. The molecule has 1 amide bonds. The van der Waals surface area contributed by atoms with Gasteiger partial charge in [-0.15, -0.1) is 0 Å². The number of carbonyl (C=O) groups excluding carboxylic acids is 1. The average Bonchev–Trinajstić information content (AvgIpc) is 2.84. The van der Waals surface area contributed by atoms with Crippen molar-refractivity contribution in [2.24, 2.45) is 7.05 Å². The lowest BCUT2D eigenvalue weighted by atomic mass is 10.1. The molecule has 0 radical (unpaired) electrons. The molecule has 0 aliphatic carbocycles. The lowest BCUT2D eigenvalue weighted by molar-refractivity contribution is 0.0786. The van der Waals surface area contributed by atoms with Gasteiger partial charge in [0.05, 0.1) is 11.8 Å². The molecule has 0 saturated heterocycles. The summed E-state index contributed by atoms with van der Waals surface area (Å²) in [6.45, 7) is 5.38. The van der Waals surface area contributed by atoms with Crippen molar-refractivity contribution >= 4 is 11.6 Å². The first-order chi connectivity index (χ1) is 10.0. The molecule has 112 valence electrons. The number of aromatic nitrogens is 2. The van der Waals surface area contributed by atoms with Gasteiger partial charge >= 0.3 is 0 Å². The first kappa shape index (κ1) is 15.1. The SMILES string of the molecule is CCNc1cc(C)ccc1C(=O)N(C)Cc1cnn(C)c1. The van der Waals surface area contributed by atoms with E-state index in [4.69, 9.17) is 0 Å². The second-order valence-electron chi connectivity index (χ2n) is 5.26. The van der Waals surface area contributed by atoms with Gasteiger partial charge in [0.25, 0.3) is 5.91 Å². The van der Waals surface area contributed by atoms with Gasteiger partial charge in [-0.1, -0.05) is 6.07 Å². The Kier molecular flexibility index (Phi) is 4.62. The molecule has 1 aromatic heterocycles. The van der Waals surface area contributed by atoms with Gasteiger partial charge in [0.1, 0.15) is 0 Å². The van der Waals surface area contributed by atoms with E-state index in [1.807, 2.05) is 52.3 Å². The van der Waals surface area contributed by atoms with Crippen molar-refractivity contribution < 1.29 is 4.79 Å². The van der Waals surface area contributed by atoms with E-state index in [9.17, 15) is 4.79 Å². The summed E-state index contributed by atoms with van der Waals surface area (Å²) >= 11 is 0. The number of rotatable bonds is 5. The summed E-state index contributed by atoms with van der Waals surface area (Å²) in [5.74, 6) is 0.00908. The number of carbonyl (C=O) groups is 1. The normalized spacial score (nSPS) is 10.5. The van der Waals surface area contributed by atoms with Crippen LogP contribution in [0.5, 0.6) is 0 Å². The Balaban J connectivity index is 2.18. The topological polar surface area (TPSA) is 50.2 Å². The van der Waals surface area contributed by atoms with Crippen LogP contribution in [0.4, 0.5) is 5.69 Å². The third-order valence-electron chi connectivity index (χ3n) is 3.30. The molecule has 0 spiro atoms. The maximum absolute atomic E-state index is 12.6. The second kappa shape index (κ2) is 6.43. The number of anilines is 1. The van der Waals surface area contributed by atoms with Crippen LogP contribution in [0.3, 0.4) is 0 Å². The number of nitrogens with zero attached hydrogens (tertiary/aromatic N) is 3. The van der Waals surface area contributed by atoms with Gasteiger partial charge in [0, 0.05) is 44.6 Å². The summed E-state index contributed by atoms with van der Waals surface area (Å²) in [5, 5.41) is 7.38. The highest BCUT2D eigenvalue weighted by Gasteiger charge is 2.16. The van der Waals surface area contributed by atoms with Gasteiger partial charge in [-0.05, 0) is 31.5 Å². The summed E-state index contributed by atoms with van der Waals surface area (Å²) in [5.41, 5.74) is 3.75. The molecule has 0 saturated carbocycles. The Hall–Kier alpha value is -2.30. The van der Waals surface area contributed by atoms with Crippen molar-refractivity contribution in [2.45, 2.75) is 20.4 Å². The molecule has 1 N–H and O–H groups in total. The van der Waals surface area contributed by atoms with E-state index in [-0.39, 0.29) is 5.91 Å². The largest absolute Gasteiger partial charge is 0.385 e. The number of amides is 1. The van der Waals surface area contributed by atoms with Gasteiger partial charge in [-0.3, -0.25) is 9.48 Å². The lowest BCUT2D eigenvalue weighted by Gasteiger charge is -2.19. The summed E-state index contributed by atoms with van der Waals surface area (Å²) in [6, 6.07) is 5.86. The van der Waals surface area contributed by atoms with Crippen LogP contribution in [0.25, 0.3) is 0 Å². The standard InChI is InChI=1S/C16H22N4O/c1-5-17-15-8-12(2)6-7-14(15)16(21)19(3)10-13-9-18-20(4)11-13/h6-9,11,17H,5,10H2,1-4H3. The Morgan fingerprint density at radius 1 is 1.43 bits per heavy atom. The fraction of sp³-hybridized carbons (Fsp3) is 0.375. The minimum atomic E-state index is 0.00908. The third-order valence-corrected chi connectivity index (χ3v) is 3.30. The van der Waals surface area contributed by atoms with Crippen LogP contribution in [0.2, 0.25) is 0 Å². The first-order valence-corrected chi connectivity index (χ1v) is 7.08. The van der Waals surface area contributed by atoms with Crippen molar-refractivity contribution in [2.75, 3.05) is 18.9 Å². The number of benzene rings is 1. The van der Waals surface area contributed by atoms with Crippen LogP contribution in [-0.2, 0) is 13.6 Å². The van der Waals surface area contributed by atoms with E-state index in [1.165, 1.54) is 0 Å². The molecule has 21 heavy (non-hydrogen) atoms. The van der Waals surface area contributed by atoms with E-state index in [0.29, 0.717) is 12.1 Å². The van der Waals surface area contributed by atoms with Crippen LogP contribution in [-0.4, -0.2) is 34.2 Å². The molecule has 2 rings (SSSR count). The highest BCUT2D eigenvalue weighted by atomic mass is 16.2. The van der Waals surface area contributed by atoms with Gasteiger partial charge in [-0.25, -0.2) is 0 Å². The Labute approximate surface area is 125 Å². The van der Waals surface area contributed by atoms with E-state index >= 15 is 0 Å². The van der Waals surface area contributed by atoms with Crippen molar-refractivity contribution in [3.8, 4) is 0 Å². The van der Waals surface area contributed by atoms with Gasteiger partial charge in [0.15, 0.2) is 0 Å². The molecule has 1 heterocycles. The fourth-order valence-corrected chi connectivity index (χ4v) is 2.29. The number of nitrogens with one attached hydrogen (secondary N) is 1. The predicted octanol–water partition coefficient (Wildman–Crippen LogP) is 2.43. The molecule has 5 nitrogen and oxygen atoms in total. The zero-order valence-corrected chi connectivity index (χ0v) is 13.1. The van der Waals surface area contributed by atoms with Crippen LogP contribution in [0.15, 0.2) is 30.6 Å². The Morgan fingerprint density at radius 2 is 2.19 bits per heavy atom. The second-order valence-corrected chi connectivity index (χ2v) is 5.26. The van der Waals surface area contributed by atoms with E-state index in [2.05, 4.69) is 10.4 Å². The summed E-state index contributed by atoms with van der Waals surface area (Å²) in [6.07, 6.45) is 3.70. The van der Waals surface area contributed by atoms with Gasteiger partial charge in [-0.2, -0.15) is 5.10 Å². The van der Waals surface area contributed by atoms with E-state index < -0.39 is 0 Å². The van der Waals surface area contributed by atoms with Crippen molar-refractivity contribution in [3.63, 3.8) is 0 Å². The molecule has 0 fully saturated rings. The molecule has 0 unspecified atom stereocenters. The fourth-order valence-electron chi connectivity index (χ4n) is 2.29. The molecular weight excluding hydrogens is 264 g/mol. The molecule has 5 heteroatoms. The summed E-state index contributed by atoms with van der Waals surface area (Å²) in [4.78, 5) is 14.3. The molecule has 0 aliphatic rings. The zero-order chi connectivity index (χ0) is 15.4. The van der Waals surface area contributed by atoms with Crippen LogP contribution in [0.1, 0.15) is 28.4 Å². The average molecular weight is 286 g/mol. The minimum Gasteiger partial charge on any atom is -0.385 e. The van der Waals surface area contributed by atoms with Crippen LogP contribution >= 0.6 is 0 Å². The van der Waals surface area contributed by atoms with E-state index in [0.717, 1.165) is 23.4 Å². The molecule has 1 aromatic carbocycles. The number of hydrogen-bond acceptors (Lipinski definition) is 3. The minimum absolute atomic E-state index is 0.00908. The number of hydrogen-bond donors (Lipinski definition) is 1. The highest BCUT2D eigenvalue weighted by Crippen LogP contribution is 2.19. The van der Waals surface area contributed by atoms with Crippen LogP contribution < -0.4 is 5.32 Å². The maximum Gasteiger partial charge on any atom is 0.255 e. The highest BCUT2D eigenvalue weighted by molar-refractivity contribution is 5.99. The molecular formula is C16H22N4O. The lowest BCUT2D eigenvalue weighted by Crippen LogP contribution is -2.27. The molecule has 0 atom stereocenters. The predicted molar refractivity (Wildman–Crippen MR) is 84.3 cm³/mol. The zero-order valence-electron chi connectivity index (χ0n) is 13.1. The third kappa shape index (κ3) is 3.62. The summed E-state index contributed by atoms with van der Waals surface area (Å²) in [7, 11) is 3.68. The monoisotopic (exact) mass is 286 g/mol. The molecule has 0 bridgehead atoms. The quantitative estimate of drug-likeness (QED) is 0.918. The molecule has 0 aliphatic heterocycles.